The molecule has 1 aromatic heterocycles. The number of hydrogen-bond acceptors (Lipinski definition) is 5. The minimum Gasteiger partial charge on any atom is -0.339 e. The van der Waals surface area contributed by atoms with Crippen molar-refractivity contribution in [3.05, 3.63) is 98.9 Å². The van der Waals surface area contributed by atoms with Gasteiger partial charge in [-0.2, -0.15) is 4.80 Å². The largest absolute Gasteiger partial charge is 0.339 e. The molecule has 0 N–H and O–H groups in total. The maximum atomic E-state index is 13.7. The Hall–Kier alpha value is -4.02. The highest BCUT2D eigenvalue weighted by molar-refractivity contribution is 9.10. The summed E-state index contributed by atoms with van der Waals surface area (Å²) in [7, 11) is 0. The molecule has 3 aromatic carbocycles. The molecule has 0 bridgehead atoms. The monoisotopic (exact) mass is 573 g/mol. The zero-order valence-electron chi connectivity index (χ0n) is 20.2. The number of amides is 2. The number of fused-ring (bicyclic) bond motifs is 1. The number of carbonyl (C=O) groups excluding carboxylic acids is 2. The van der Waals surface area contributed by atoms with Crippen LogP contribution in [0.15, 0.2) is 76.2 Å². The van der Waals surface area contributed by atoms with Crippen molar-refractivity contribution in [1.82, 2.24) is 19.9 Å². The molecule has 10 heteroatoms. The van der Waals surface area contributed by atoms with Gasteiger partial charge in [-0.15, -0.1) is 10.2 Å². The van der Waals surface area contributed by atoms with Crippen LogP contribution >= 0.6 is 15.9 Å². The molecule has 3 heterocycles. The Kier molecular flexibility index (Phi) is 6.21. The predicted molar refractivity (Wildman–Crippen MR) is 140 cm³/mol. The number of nitrogens with zero attached hydrogens (tertiary/aromatic N) is 5. The van der Waals surface area contributed by atoms with Crippen LogP contribution in [0, 0.1) is 5.82 Å². The normalized spacial score (nSPS) is 18.4. The Labute approximate surface area is 225 Å². The highest BCUT2D eigenvalue weighted by Crippen LogP contribution is 2.36. The van der Waals surface area contributed by atoms with E-state index in [4.69, 9.17) is 14.9 Å². The van der Waals surface area contributed by atoms with Gasteiger partial charge in [0, 0.05) is 27.9 Å². The van der Waals surface area contributed by atoms with Gasteiger partial charge in [0.25, 0.3) is 11.8 Å². The van der Waals surface area contributed by atoms with Gasteiger partial charge in [0.05, 0.1) is 11.0 Å². The molecule has 0 spiro atoms. The molecule has 38 heavy (non-hydrogen) atoms. The van der Waals surface area contributed by atoms with Crippen molar-refractivity contribution in [3.8, 4) is 16.9 Å². The van der Waals surface area contributed by atoms with E-state index >= 15 is 0 Å². The van der Waals surface area contributed by atoms with Crippen LogP contribution in [0.5, 0.6) is 0 Å². The highest BCUT2D eigenvalue weighted by atomic mass is 79.9. The molecule has 0 aliphatic carbocycles. The number of carbonyl (C=O) groups is 2. The third-order valence-electron chi connectivity index (χ3n) is 6.54. The van der Waals surface area contributed by atoms with E-state index in [9.17, 15) is 14.0 Å². The quantitative estimate of drug-likeness (QED) is 0.353. The fourth-order valence-electron chi connectivity index (χ4n) is 4.61. The summed E-state index contributed by atoms with van der Waals surface area (Å²) >= 11 is 3.44. The molecule has 1 unspecified atom stereocenters. The molecule has 0 radical (unpaired) electrons. The van der Waals surface area contributed by atoms with Crippen LogP contribution in [0.25, 0.3) is 23.0 Å². The first-order valence-corrected chi connectivity index (χ1v) is 12.8. The summed E-state index contributed by atoms with van der Waals surface area (Å²) in [5.41, 5.74) is 3.30. The van der Waals surface area contributed by atoms with Crippen molar-refractivity contribution in [2.75, 3.05) is 6.54 Å². The molecule has 2 atom stereocenters. The summed E-state index contributed by atoms with van der Waals surface area (Å²) in [6, 6.07) is 19.1. The molecule has 190 valence electrons. The van der Waals surface area contributed by atoms with E-state index in [1.807, 2.05) is 42.5 Å². The van der Waals surface area contributed by atoms with E-state index in [2.05, 4.69) is 20.9 Å². The second-order valence-corrected chi connectivity index (χ2v) is 10.0. The van der Waals surface area contributed by atoms with Crippen molar-refractivity contribution in [3.63, 3.8) is 0 Å². The molecular formula is C28H21BrFN5O3. The predicted octanol–water partition coefficient (Wildman–Crippen LogP) is 3.26. The first-order valence-electron chi connectivity index (χ1n) is 12.0. The summed E-state index contributed by atoms with van der Waals surface area (Å²) < 4.78 is 20.7. The second-order valence-electron chi connectivity index (χ2n) is 9.11. The van der Waals surface area contributed by atoms with E-state index in [0.29, 0.717) is 35.3 Å². The van der Waals surface area contributed by atoms with Gasteiger partial charge < -0.3 is 9.64 Å². The molecule has 6 rings (SSSR count). The van der Waals surface area contributed by atoms with Crippen LogP contribution in [0.3, 0.4) is 0 Å². The third kappa shape index (κ3) is 4.57. The second kappa shape index (κ2) is 9.70. The maximum absolute atomic E-state index is 13.7. The van der Waals surface area contributed by atoms with Crippen molar-refractivity contribution >= 4 is 33.8 Å². The van der Waals surface area contributed by atoms with Crippen LogP contribution in [-0.2, 0) is 20.7 Å². The molecule has 2 aliphatic heterocycles. The van der Waals surface area contributed by atoms with Gasteiger partial charge in [-0.05, 0) is 79.6 Å². The number of halogens is 2. The maximum Gasteiger partial charge on any atom is 0.270 e. The van der Waals surface area contributed by atoms with Crippen molar-refractivity contribution < 1.29 is 18.7 Å². The van der Waals surface area contributed by atoms with E-state index in [1.54, 1.807) is 24.0 Å². The number of hydrogen-bond donors (Lipinski definition) is 0. The number of aromatic nitrogens is 3. The van der Waals surface area contributed by atoms with Crippen LogP contribution in [-0.4, -0.2) is 44.4 Å². The first kappa shape index (κ1) is 24.3. The number of benzene rings is 3. The fourth-order valence-corrected chi connectivity index (χ4v) is 4.88. The lowest BCUT2D eigenvalue weighted by atomic mass is 10.1. The highest BCUT2D eigenvalue weighted by Gasteiger charge is 2.41. The summed E-state index contributed by atoms with van der Waals surface area (Å²) in [6.45, 7) is 2.08. The summed E-state index contributed by atoms with van der Waals surface area (Å²) in [6.07, 6.45) is 0.604. The fraction of sp³-hybridized carbons (Fsp3) is 0.179. The van der Waals surface area contributed by atoms with Crippen molar-refractivity contribution in [2.24, 2.45) is 4.99 Å². The molecule has 2 amide bonds. The van der Waals surface area contributed by atoms with E-state index in [-0.39, 0.29) is 17.6 Å². The minimum atomic E-state index is -0.778. The summed E-state index contributed by atoms with van der Waals surface area (Å²) in [5.74, 6) is -0.785. The lowest BCUT2D eigenvalue weighted by Gasteiger charge is -2.22. The lowest BCUT2D eigenvalue weighted by molar-refractivity contribution is -0.130. The Bertz CT molecular complexity index is 1690. The zero-order chi connectivity index (χ0) is 26.4. The van der Waals surface area contributed by atoms with Gasteiger partial charge in [0.15, 0.2) is 6.23 Å². The Balaban J connectivity index is 1.36. The van der Waals surface area contributed by atoms with Gasteiger partial charge in [0.2, 0.25) is 0 Å². The van der Waals surface area contributed by atoms with E-state index in [1.165, 1.54) is 23.0 Å². The van der Waals surface area contributed by atoms with Crippen LogP contribution in [0.4, 0.5) is 4.39 Å². The SMILES string of the molecule is CC1O[C@@H](c2nn(-c3ccc(Br)cc3)nc2-c2ccc(F)cc2)N(CCc2ccc3c(c2)=CC(=O)N=3)C1=O. The molecular weight excluding hydrogens is 553 g/mol. The molecule has 1 saturated heterocycles. The van der Waals surface area contributed by atoms with Gasteiger partial charge in [-0.3, -0.25) is 9.59 Å². The Morgan fingerprint density at radius 2 is 1.76 bits per heavy atom. The lowest BCUT2D eigenvalue weighted by Crippen LogP contribution is -2.33. The van der Waals surface area contributed by atoms with Crippen LogP contribution in [0.2, 0.25) is 0 Å². The molecule has 4 aromatic rings. The average Bonchev–Trinajstić information content (AvgIpc) is 3.58. The Morgan fingerprint density at radius 1 is 1.00 bits per heavy atom. The smallest absolute Gasteiger partial charge is 0.270 e. The zero-order valence-corrected chi connectivity index (χ0v) is 21.8. The number of rotatable bonds is 6. The van der Waals surface area contributed by atoms with Crippen LogP contribution in [0.1, 0.15) is 24.4 Å². The van der Waals surface area contributed by atoms with Crippen molar-refractivity contribution in [1.29, 1.82) is 0 Å². The Morgan fingerprint density at radius 3 is 2.53 bits per heavy atom. The molecule has 8 nitrogen and oxygen atoms in total. The summed E-state index contributed by atoms with van der Waals surface area (Å²) in [5, 5.41) is 10.9. The standard InChI is InChI=1S/C28H21BrFN5O3/c1-16-27(37)34(13-12-17-2-11-23-19(14-17)15-24(36)31-23)28(38-16)26-25(18-3-7-21(30)8-4-18)32-35(33-26)22-9-5-20(29)6-10-22/h2-11,14-16,28H,12-13H2,1H3/t16?,28-/m0/s1. The van der Waals surface area contributed by atoms with E-state index < -0.39 is 12.3 Å². The topological polar surface area (TPSA) is 89.7 Å². The van der Waals surface area contributed by atoms with Gasteiger partial charge >= 0.3 is 0 Å². The minimum absolute atomic E-state index is 0.156. The van der Waals surface area contributed by atoms with Gasteiger partial charge in [-0.25, -0.2) is 9.38 Å². The van der Waals surface area contributed by atoms with Crippen molar-refractivity contribution in [2.45, 2.75) is 25.7 Å². The van der Waals surface area contributed by atoms with Crippen LogP contribution < -0.4 is 10.6 Å². The molecule has 0 saturated carbocycles. The summed E-state index contributed by atoms with van der Waals surface area (Å²) in [4.78, 5) is 31.9. The number of ether oxygens (including phenoxy) is 1. The first-order chi connectivity index (χ1) is 18.4. The molecule has 1 fully saturated rings. The van der Waals surface area contributed by atoms with E-state index in [0.717, 1.165) is 20.9 Å². The third-order valence-corrected chi connectivity index (χ3v) is 7.07. The average molecular weight is 574 g/mol. The molecule has 2 aliphatic rings. The van der Waals surface area contributed by atoms with Gasteiger partial charge in [-0.1, -0.05) is 22.0 Å². The van der Waals surface area contributed by atoms with Gasteiger partial charge in [0.1, 0.15) is 23.3 Å².